The van der Waals surface area contributed by atoms with E-state index in [0.717, 1.165) is 25.8 Å². The van der Waals surface area contributed by atoms with Crippen LogP contribution in [0.15, 0.2) is 41.8 Å². The maximum atomic E-state index is 13.3. The highest BCUT2D eigenvalue weighted by Gasteiger charge is 2.62. The zero-order valence-electron chi connectivity index (χ0n) is 17.7. The molecule has 158 valence electrons. The van der Waals surface area contributed by atoms with Gasteiger partial charge in [0, 0.05) is 30.9 Å². The summed E-state index contributed by atoms with van der Waals surface area (Å²) >= 11 is 1.73. The van der Waals surface area contributed by atoms with Crippen molar-refractivity contribution in [3.8, 4) is 10.4 Å². The molecule has 5 rings (SSSR count). The van der Waals surface area contributed by atoms with Crippen LogP contribution in [0.5, 0.6) is 0 Å². The molecule has 5 heteroatoms. The van der Waals surface area contributed by atoms with Crippen LogP contribution in [-0.2, 0) is 16.0 Å². The monoisotopic (exact) mass is 422 g/mol. The average molecular weight is 423 g/mol. The van der Waals surface area contributed by atoms with Gasteiger partial charge < -0.3 is 10.2 Å². The van der Waals surface area contributed by atoms with Gasteiger partial charge in [0.2, 0.25) is 11.8 Å². The van der Waals surface area contributed by atoms with Crippen LogP contribution in [0.1, 0.15) is 44.1 Å². The molecule has 1 saturated heterocycles. The molecular formula is C25H30N2O2S. The van der Waals surface area contributed by atoms with Gasteiger partial charge in [0.05, 0.1) is 5.41 Å². The summed E-state index contributed by atoms with van der Waals surface area (Å²) in [5, 5.41) is 5.01. The molecule has 0 radical (unpaired) electrons. The number of nitrogens with one attached hydrogen (secondary N) is 1. The van der Waals surface area contributed by atoms with Gasteiger partial charge in [-0.25, -0.2) is 0 Å². The molecule has 3 aliphatic rings. The largest absolute Gasteiger partial charge is 0.359 e. The van der Waals surface area contributed by atoms with Crippen molar-refractivity contribution in [1.82, 2.24) is 10.2 Å². The van der Waals surface area contributed by atoms with Crippen molar-refractivity contribution < 1.29 is 9.59 Å². The summed E-state index contributed by atoms with van der Waals surface area (Å²) < 4.78 is 0. The first kappa shape index (κ1) is 19.8. The van der Waals surface area contributed by atoms with Gasteiger partial charge in [-0.3, -0.25) is 9.59 Å². The Morgan fingerprint density at radius 2 is 1.97 bits per heavy atom. The van der Waals surface area contributed by atoms with Gasteiger partial charge in [0.15, 0.2) is 0 Å². The standard InChI is InChI=1S/C25H30N2O2S/c1-26-23(29)25(15-18-7-2-3-8-19(18)21-9-4-14-30-21)12-6-13-27(17-25)22(28)20-16-24(20)10-5-11-24/h2-4,7-9,14,20H,5-6,10-13,15-17H2,1H3,(H,26,29)/t20-,25+/m0/s1. The Kier molecular flexibility index (Phi) is 4.97. The molecule has 1 aromatic carbocycles. The van der Waals surface area contributed by atoms with Crippen LogP contribution in [0, 0.1) is 16.7 Å². The zero-order chi connectivity index (χ0) is 20.8. The fraction of sp³-hybridized carbons (Fsp3) is 0.520. The molecule has 30 heavy (non-hydrogen) atoms. The second-order valence-electron chi connectivity index (χ2n) is 9.51. The molecule has 2 aliphatic carbocycles. The number of piperidine rings is 1. The summed E-state index contributed by atoms with van der Waals surface area (Å²) in [6, 6.07) is 12.6. The first-order valence-electron chi connectivity index (χ1n) is 11.2. The van der Waals surface area contributed by atoms with Crippen molar-refractivity contribution in [1.29, 1.82) is 0 Å². The molecule has 1 spiro atoms. The third-order valence-corrected chi connectivity index (χ3v) is 8.67. The van der Waals surface area contributed by atoms with E-state index in [1.165, 1.54) is 35.3 Å². The van der Waals surface area contributed by atoms with Crippen LogP contribution in [-0.4, -0.2) is 36.9 Å². The Balaban J connectivity index is 1.42. The predicted molar refractivity (Wildman–Crippen MR) is 120 cm³/mol. The number of rotatable bonds is 5. The summed E-state index contributed by atoms with van der Waals surface area (Å²) in [5.74, 6) is 0.578. The third kappa shape index (κ3) is 3.27. The Labute approximate surface area is 182 Å². The molecule has 2 atom stereocenters. The van der Waals surface area contributed by atoms with Gasteiger partial charge in [-0.05, 0) is 66.5 Å². The Bertz CT molecular complexity index is 950. The Morgan fingerprint density at radius 1 is 1.13 bits per heavy atom. The fourth-order valence-corrected chi connectivity index (χ4v) is 6.59. The predicted octanol–water partition coefficient (Wildman–Crippen LogP) is 4.50. The number of carbonyl (C=O) groups is 2. The smallest absolute Gasteiger partial charge is 0.228 e. The van der Waals surface area contributed by atoms with Crippen LogP contribution in [0.2, 0.25) is 0 Å². The average Bonchev–Trinajstić information content (AvgIpc) is 3.31. The molecule has 2 saturated carbocycles. The minimum Gasteiger partial charge on any atom is -0.359 e. The molecule has 2 heterocycles. The lowest BCUT2D eigenvalue weighted by molar-refractivity contribution is -0.143. The molecule has 3 fully saturated rings. The highest BCUT2D eigenvalue weighted by Crippen LogP contribution is 2.66. The van der Waals surface area contributed by atoms with E-state index >= 15 is 0 Å². The van der Waals surface area contributed by atoms with Crippen molar-refractivity contribution in [2.75, 3.05) is 20.1 Å². The van der Waals surface area contributed by atoms with Crippen molar-refractivity contribution >= 4 is 23.2 Å². The van der Waals surface area contributed by atoms with Gasteiger partial charge >= 0.3 is 0 Å². The number of carbonyl (C=O) groups excluding carboxylic acids is 2. The van der Waals surface area contributed by atoms with E-state index in [2.05, 4.69) is 47.1 Å². The maximum absolute atomic E-state index is 13.3. The molecule has 1 aliphatic heterocycles. The first-order chi connectivity index (χ1) is 14.6. The third-order valence-electron chi connectivity index (χ3n) is 7.77. The Morgan fingerprint density at radius 3 is 2.63 bits per heavy atom. The highest BCUT2D eigenvalue weighted by atomic mass is 32.1. The second-order valence-corrected chi connectivity index (χ2v) is 10.5. The van der Waals surface area contributed by atoms with Crippen LogP contribution >= 0.6 is 11.3 Å². The lowest BCUT2D eigenvalue weighted by Gasteiger charge is -2.42. The quantitative estimate of drug-likeness (QED) is 0.771. The van der Waals surface area contributed by atoms with Crippen molar-refractivity contribution in [2.24, 2.45) is 16.7 Å². The molecule has 1 N–H and O–H groups in total. The molecule has 0 unspecified atom stereocenters. The summed E-state index contributed by atoms with van der Waals surface area (Å²) in [6.07, 6.45) is 7.14. The molecule has 2 aromatic rings. The maximum Gasteiger partial charge on any atom is 0.228 e. The summed E-state index contributed by atoms with van der Waals surface area (Å²) in [5.41, 5.74) is 2.17. The van der Waals surface area contributed by atoms with E-state index in [0.29, 0.717) is 24.3 Å². The van der Waals surface area contributed by atoms with Crippen LogP contribution in [0.25, 0.3) is 10.4 Å². The number of amides is 2. The van der Waals surface area contributed by atoms with Crippen molar-refractivity contribution in [3.63, 3.8) is 0 Å². The summed E-state index contributed by atoms with van der Waals surface area (Å²) in [7, 11) is 1.72. The van der Waals surface area contributed by atoms with Gasteiger partial charge in [0.25, 0.3) is 0 Å². The highest BCUT2D eigenvalue weighted by molar-refractivity contribution is 7.13. The zero-order valence-corrected chi connectivity index (χ0v) is 18.5. The van der Waals surface area contributed by atoms with E-state index in [1.54, 1.807) is 18.4 Å². The van der Waals surface area contributed by atoms with Gasteiger partial charge in [-0.15, -0.1) is 11.3 Å². The fourth-order valence-electron chi connectivity index (χ4n) is 5.81. The number of benzene rings is 1. The van der Waals surface area contributed by atoms with Crippen LogP contribution in [0.4, 0.5) is 0 Å². The minimum absolute atomic E-state index is 0.0649. The summed E-state index contributed by atoms with van der Waals surface area (Å²) in [6.45, 7) is 1.33. The lowest BCUT2D eigenvalue weighted by atomic mass is 9.73. The van der Waals surface area contributed by atoms with Crippen molar-refractivity contribution in [3.05, 3.63) is 47.3 Å². The topological polar surface area (TPSA) is 49.4 Å². The lowest BCUT2D eigenvalue weighted by Crippen LogP contribution is -2.54. The number of hydrogen-bond donors (Lipinski definition) is 1. The SMILES string of the molecule is CNC(=O)[C@@]1(Cc2ccccc2-c2cccs2)CCCN(C(=O)[C@@H]2CC23CCC3)C1. The van der Waals surface area contributed by atoms with Crippen LogP contribution < -0.4 is 5.32 Å². The van der Waals surface area contributed by atoms with E-state index in [9.17, 15) is 9.59 Å². The van der Waals surface area contributed by atoms with E-state index in [4.69, 9.17) is 0 Å². The summed E-state index contributed by atoms with van der Waals surface area (Å²) in [4.78, 5) is 29.7. The van der Waals surface area contributed by atoms with E-state index in [1.807, 2.05) is 4.90 Å². The van der Waals surface area contributed by atoms with Crippen molar-refractivity contribution in [2.45, 2.75) is 44.9 Å². The number of likely N-dealkylation sites (tertiary alicyclic amines) is 1. The second kappa shape index (κ2) is 7.52. The molecule has 0 bridgehead atoms. The first-order valence-corrected chi connectivity index (χ1v) is 12.1. The normalized spacial score (nSPS) is 26.8. The molecular weight excluding hydrogens is 392 g/mol. The molecule has 4 nitrogen and oxygen atoms in total. The van der Waals surface area contributed by atoms with Crippen LogP contribution in [0.3, 0.4) is 0 Å². The number of hydrogen-bond acceptors (Lipinski definition) is 3. The van der Waals surface area contributed by atoms with E-state index in [-0.39, 0.29) is 11.8 Å². The molecule has 2 amide bonds. The minimum atomic E-state index is -0.558. The van der Waals surface area contributed by atoms with Gasteiger partial charge in [-0.2, -0.15) is 0 Å². The van der Waals surface area contributed by atoms with Gasteiger partial charge in [0.1, 0.15) is 0 Å². The Hall–Kier alpha value is -2.14. The van der Waals surface area contributed by atoms with Gasteiger partial charge in [-0.1, -0.05) is 36.8 Å². The number of thiophene rings is 1. The number of nitrogens with zero attached hydrogens (tertiary/aromatic N) is 1. The molecule has 1 aromatic heterocycles. The van der Waals surface area contributed by atoms with E-state index < -0.39 is 5.41 Å².